The summed E-state index contributed by atoms with van der Waals surface area (Å²) in [5.74, 6) is 0. The molecule has 0 aromatic heterocycles. The highest BCUT2D eigenvalue weighted by atomic mass is 16.6. The first-order chi connectivity index (χ1) is 13.2. The number of aliphatic hydroxyl groups excluding tert-OH is 6. The monoisotopic (exact) mass is 400 g/mol. The Kier molecular flexibility index (Phi) is 6.42. The van der Waals surface area contributed by atoms with Gasteiger partial charge in [0.1, 0.15) is 36.6 Å². The zero-order valence-electron chi connectivity index (χ0n) is 15.6. The van der Waals surface area contributed by atoms with Gasteiger partial charge in [-0.3, -0.25) is 0 Å². The molecule has 2 heterocycles. The molecule has 1 aromatic carbocycles. The number of anilines is 2. The molecule has 8 N–H and O–H groups in total. The van der Waals surface area contributed by atoms with Crippen molar-refractivity contribution in [3.05, 3.63) is 24.3 Å². The maximum absolute atomic E-state index is 10.1. The van der Waals surface area contributed by atoms with Crippen molar-refractivity contribution in [3.63, 3.8) is 0 Å². The lowest BCUT2D eigenvalue weighted by Crippen LogP contribution is -2.59. The van der Waals surface area contributed by atoms with E-state index in [1.807, 2.05) is 0 Å². The molecule has 2 fully saturated rings. The van der Waals surface area contributed by atoms with Crippen LogP contribution in [0.5, 0.6) is 0 Å². The summed E-state index contributed by atoms with van der Waals surface area (Å²) in [6.07, 6.45) is -10.9. The molecule has 0 radical (unpaired) electrons. The van der Waals surface area contributed by atoms with Gasteiger partial charge >= 0.3 is 0 Å². The third kappa shape index (κ3) is 4.24. The van der Waals surface area contributed by atoms with Crippen molar-refractivity contribution in [3.8, 4) is 0 Å². The summed E-state index contributed by atoms with van der Waals surface area (Å²) in [5.41, 5.74) is 1.09. The molecule has 10 heteroatoms. The summed E-state index contributed by atoms with van der Waals surface area (Å²) in [6, 6.07) is 6.79. The average molecular weight is 400 g/mol. The Morgan fingerprint density at radius 1 is 0.643 bits per heavy atom. The van der Waals surface area contributed by atoms with Gasteiger partial charge in [-0.05, 0) is 32.0 Å². The Bertz CT molecular complexity index is 613. The minimum atomic E-state index is -1.34. The van der Waals surface area contributed by atoms with Crippen molar-refractivity contribution in [1.82, 2.24) is 0 Å². The maximum Gasteiger partial charge on any atom is 0.157 e. The number of ether oxygens (including phenoxy) is 2. The summed E-state index contributed by atoms with van der Waals surface area (Å²) in [7, 11) is 0. The fourth-order valence-corrected chi connectivity index (χ4v) is 3.37. The molecular weight excluding hydrogens is 372 g/mol. The van der Waals surface area contributed by atoms with E-state index >= 15 is 0 Å². The molecule has 158 valence electrons. The van der Waals surface area contributed by atoms with Crippen LogP contribution < -0.4 is 10.6 Å². The van der Waals surface area contributed by atoms with Gasteiger partial charge in [0, 0.05) is 11.4 Å². The van der Waals surface area contributed by atoms with Crippen molar-refractivity contribution in [2.45, 2.75) is 75.1 Å². The molecular formula is C18H28N2O8. The van der Waals surface area contributed by atoms with Gasteiger partial charge in [0.2, 0.25) is 0 Å². The van der Waals surface area contributed by atoms with Gasteiger partial charge < -0.3 is 50.7 Å². The molecule has 0 amide bonds. The topological polar surface area (TPSA) is 164 Å². The SMILES string of the molecule is CC1OC(Nc2cccc(NC3OC(C)C(O)C(O)C3O)c2)C(O)C(O)C1O. The van der Waals surface area contributed by atoms with Gasteiger partial charge in [-0.1, -0.05) is 6.07 Å². The van der Waals surface area contributed by atoms with E-state index in [1.165, 1.54) is 0 Å². The van der Waals surface area contributed by atoms with Crippen molar-refractivity contribution in [2.75, 3.05) is 10.6 Å². The van der Waals surface area contributed by atoms with Gasteiger partial charge in [0.05, 0.1) is 12.2 Å². The second-order valence-corrected chi connectivity index (χ2v) is 7.34. The molecule has 2 aliphatic heterocycles. The molecule has 2 saturated heterocycles. The normalized spacial score (nSPS) is 44.1. The zero-order chi connectivity index (χ0) is 20.6. The second-order valence-electron chi connectivity index (χ2n) is 7.34. The van der Waals surface area contributed by atoms with Crippen LogP contribution in [0.2, 0.25) is 0 Å². The van der Waals surface area contributed by atoms with E-state index in [2.05, 4.69) is 10.6 Å². The van der Waals surface area contributed by atoms with E-state index in [9.17, 15) is 30.6 Å². The van der Waals surface area contributed by atoms with Gasteiger partial charge in [-0.2, -0.15) is 0 Å². The highest BCUT2D eigenvalue weighted by molar-refractivity contribution is 5.57. The first-order valence-electron chi connectivity index (χ1n) is 9.21. The molecule has 28 heavy (non-hydrogen) atoms. The van der Waals surface area contributed by atoms with Gasteiger partial charge in [0.25, 0.3) is 0 Å². The molecule has 0 bridgehead atoms. The minimum absolute atomic E-state index is 0.545. The van der Waals surface area contributed by atoms with Crippen LogP contribution in [0.4, 0.5) is 11.4 Å². The van der Waals surface area contributed by atoms with Crippen LogP contribution in [0.3, 0.4) is 0 Å². The van der Waals surface area contributed by atoms with E-state index < -0.39 is 61.3 Å². The highest BCUT2D eigenvalue weighted by Gasteiger charge is 2.43. The van der Waals surface area contributed by atoms with E-state index in [0.717, 1.165) is 0 Å². The fourth-order valence-electron chi connectivity index (χ4n) is 3.37. The Balaban J connectivity index is 1.67. The summed E-state index contributed by atoms with van der Waals surface area (Å²) in [5, 5.41) is 65.5. The van der Waals surface area contributed by atoms with E-state index in [0.29, 0.717) is 11.4 Å². The number of rotatable bonds is 4. The van der Waals surface area contributed by atoms with Crippen molar-refractivity contribution in [2.24, 2.45) is 0 Å². The summed E-state index contributed by atoms with van der Waals surface area (Å²) >= 11 is 0. The molecule has 3 rings (SSSR count). The third-order valence-corrected chi connectivity index (χ3v) is 5.18. The molecule has 0 spiro atoms. The number of benzene rings is 1. The molecule has 2 aliphatic rings. The van der Waals surface area contributed by atoms with Crippen LogP contribution in [-0.4, -0.2) is 91.9 Å². The summed E-state index contributed by atoms with van der Waals surface area (Å²) < 4.78 is 11.0. The number of nitrogens with one attached hydrogen (secondary N) is 2. The largest absolute Gasteiger partial charge is 0.388 e. The predicted octanol–water partition coefficient (Wildman–Crippen LogP) is -1.83. The summed E-state index contributed by atoms with van der Waals surface area (Å²) in [4.78, 5) is 0. The van der Waals surface area contributed by atoms with Crippen molar-refractivity contribution < 1.29 is 40.1 Å². The molecule has 10 unspecified atom stereocenters. The Hall–Kier alpha value is -1.50. The number of aliphatic hydroxyl groups is 6. The molecule has 10 atom stereocenters. The Labute approximate surface area is 162 Å². The van der Waals surface area contributed by atoms with E-state index in [4.69, 9.17) is 9.47 Å². The lowest BCUT2D eigenvalue weighted by atomic mass is 9.98. The first-order valence-corrected chi connectivity index (χ1v) is 9.21. The van der Waals surface area contributed by atoms with Crippen molar-refractivity contribution >= 4 is 11.4 Å². The van der Waals surface area contributed by atoms with Gasteiger partial charge in [-0.25, -0.2) is 0 Å². The van der Waals surface area contributed by atoms with E-state index in [-0.39, 0.29) is 0 Å². The van der Waals surface area contributed by atoms with Gasteiger partial charge in [-0.15, -0.1) is 0 Å². The van der Waals surface area contributed by atoms with E-state index in [1.54, 1.807) is 38.1 Å². The Morgan fingerprint density at radius 3 is 1.43 bits per heavy atom. The summed E-state index contributed by atoms with van der Waals surface area (Å²) in [6.45, 7) is 3.18. The zero-order valence-corrected chi connectivity index (χ0v) is 15.6. The third-order valence-electron chi connectivity index (χ3n) is 5.18. The quantitative estimate of drug-likeness (QED) is 0.288. The van der Waals surface area contributed by atoms with Crippen LogP contribution in [0.25, 0.3) is 0 Å². The predicted molar refractivity (Wildman–Crippen MR) is 98.4 cm³/mol. The standard InChI is InChI=1S/C18H28N2O8/c1-7-11(21)13(23)15(25)17(27-7)19-9-4-3-5-10(6-9)20-18-16(26)14(24)12(22)8(2)28-18/h3-8,11-26H,1-2H3. The smallest absolute Gasteiger partial charge is 0.157 e. The van der Waals surface area contributed by atoms with Crippen LogP contribution in [0.15, 0.2) is 24.3 Å². The van der Waals surface area contributed by atoms with Gasteiger partial charge in [0.15, 0.2) is 12.5 Å². The fraction of sp³-hybridized carbons (Fsp3) is 0.667. The molecule has 10 nitrogen and oxygen atoms in total. The minimum Gasteiger partial charge on any atom is -0.388 e. The van der Waals surface area contributed by atoms with Crippen LogP contribution in [0, 0.1) is 0 Å². The average Bonchev–Trinajstić information content (AvgIpc) is 2.67. The molecule has 0 saturated carbocycles. The van der Waals surface area contributed by atoms with Crippen LogP contribution in [-0.2, 0) is 9.47 Å². The lowest BCUT2D eigenvalue weighted by Gasteiger charge is -2.40. The lowest BCUT2D eigenvalue weighted by molar-refractivity contribution is -0.209. The Morgan fingerprint density at radius 2 is 1.04 bits per heavy atom. The first kappa shape index (κ1) is 21.2. The number of hydrogen-bond acceptors (Lipinski definition) is 10. The molecule has 1 aromatic rings. The van der Waals surface area contributed by atoms with Crippen LogP contribution in [0.1, 0.15) is 13.8 Å². The second kappa shape index (κ2) is 8.47. The van der Waals surface area contributed by atoms with Crippen molar-refractivity contribution in [1.29, 1.82) is 0 Å². The molecule has 0 aliphatic carbocycles. The number of hydrogen-bond donors (Lipinski definition) is 8. The van der Waals surface area contributed by atoms with Crippen LogP contribution >= 0.6 is 0 Å². The maximum atomic E-state index is 10.1. The highest BCUT2D eigenvalue weighted by Crippen LogP contribution is 2.26.